The normalized spacial score (nSPS) is 32.6. The summed E-state index contributed by atoms with van der Waals surface area (Å²) in [6.07, 6.45) is 6.97. The van der Waals surface area contributed by atoms with E-state index in [9.17, 15) is 19.5 Å². The summed E-state index contributed by atoms with van der Waals surface area (Å²) in [5, 5.41) is 9.93. The second kappa shape index (κ2) is 10.2. The van der Waals surface area contributed by atoms with Crippen molar-refractivity contribution in [3.05, 3.63) is 25.3 Å². The van der Waals surface area contributed by atoms with Crippen LogP contribution in [0.25, 0.3) is 0 Å². The van der Waals surface area contributed by atoms with Crippen molar-refractivity contribution in [3.63, 3.8) is 0 Å². The highest BCUT2D eigenvalue weighted by Gasteiger charge is 2.78. The summed E-state index contributed by atoms with van der Waals surface area (Å²) in [5.74, 6) is -2.61. The number of esters is 1. The SMILES string of the molecule is C=CCCCCOC(=O)[C@@H]1[C@H]2C(=O)N([C@H](C)CO)C(C(=O)N(CC=C)C(C)C)C23CC[C@@]1(C)O3. The molecule has 3 fully saturated rings. The van der Waals surface area contributed by atoms with Crippen LogP contribution in [0.15, 0.2) is 25.3 Å². The molecule has 0 radical (unpaired) electrons. The largest absolute Gasteiger partial charge is 0.465 e. The minimum Gasteiger partial charge on any atom is -0.465 e. The number of nitrogens with zero attached hydrogens (tertiary/aromatic N) is 2. The molecule has 3 aliphatic heterocycles. The van der Waals surface area contributed by atoms with Gasteiger partial charge in [-0.15, -0.1) is 13.2 Å². The number of hydrogen-bond donors (Lipinski definition) is 1. The van der Waals surface area contributed by atoms with Crippen LogP contribution in [0, 0.1) is 11.8 Å². The first kappa shape index (κ1) is 26.4. The zero-order valence-corrected chi connectivity index (χ0v) is 21.0. The number of carbonyl (C=O) groups excluding carboxylic acids is 3. The van der Waals surface area contributed by atoms with E-state index in [1.807, 2.05) is 26.8 Å². The third kappa shape index (κ3) is 4.19. The van der Waals surface area contributed by atoms with E-state index in [0.29, 0.717) is 25.8 Å². The van der Waals surface area contributed by atoms with Gasteiger partial charge in [0.2, 0.25) is 11.8 Å². The zero-order chi connectivity index (χ0) is 25.3. The lowest BCUT2D eigenvalue weighted by molar-refractivity contribution is -0.162. The summed E-state index contributed by atoms with van der Waals surface area (Å²) >= 11 is 0. The van der Waals surface area contributed by atoms with Crippen molar-refractivity contribution >= 4 is 17.8 Å². The predicted molar refractivity (Wildman–Crippen MR) is 128 cm³/mol. The van der Waals surface area contributed by atoms with Gasteiger partial charge in [0.15, 0.2) is 0 Å². The van der Waals surface area contributed by atoms with E-state index in [1.165, 1.54) is 4.90 Å². The molecule has 0 aromatic rings. The fraction of sp³-hybridized carbons (Fsp3) is 0.731. The molecule has 3 saturated heterocycles. The van der Waals surface area contributed by atoms with Crippen LogP contribution in [0.5, 0.6) is 0 Å². The molecule has 3 heterocycles. The quantitative estimate of drug-likeness (QED) is 0.264. The topological polar surface area (TPSA) is 96.4 Å². The standard InChI is InChI=1S/C26H40N2O6/c1-7-9-10-11-15-33-24(32)20-19-22(30)28(18(5)16-29)21(23(31)27(14-8-2)17(3)4)26(19)13-12-25(20,6)34-26/h7-8,17-21,29H,1-2,9-16H2,3-6H3/t18-,19+,20+,21?,25-,26?/m1/s1. The molecule has 1 N–H and O–H groups in total. The van der Waals surface area contributed by atoms with Crippen molar-refractivity contribution in [2.75, 3.05) is 19.8 Å². The number of unbranched alkanes of at least 4 members (excludes halogenated alkanes) is 2. The molecule has 0 aliphatic carbocycles. The smallest absolute Gasteiger partial charge is 0.312 e. The number of likely N-dealkylation sites (tertiary alicyclic amines) is 1. The first-order valence-electron chi connectivity index (χ1n) is 12.4. The second-order valence-electron chi connectivity index (χ2n) is 10.3. The molecule has 8 heteroatoms. The molecule has 6 atom stereocenters. The van der Waals surface area contributed by atoms with Crippen molar-refractivity contribution in [2.45, 2.75) is 89.1 Å². The van der Waals surface area contributed by atoms with Gasteiger partial charge in [0, 0.05) is 12.6 Å². The molecule has 3 aliphatic rings. The van der Waals surface area contributed by atoms with E-state index >= 15 is 0 Å². The Morgan fingerprint density at radius 1 is 1.26 bits per heavy atom. The number of fused-ring (bicyclic) bond motifs is 1. The van der Waals surface area contributed by atoms with Crippen molar-refractivity contribution in [2.24, 2.45) is 11.8 Å². The van der Waals surface area contributed by atoms with Gasteiger partial charge >= 0.3 is 5.97 Å². The highest BCUT2D eigenvalue weighted by Crippen LogP contribution is 2.63. The van der Waals surface area contributed by atoms with Crippen molar-refractivity contribution in [1.82, 2.24) is 9.80 Å². The molecule has 34 heavy (non-hydrogen) atoms. The van der Waals surface area contributed by atoms with Gasteiger partial charge in [-0.25, -0.2) is 0 Å². The Morgan fingerprint density at radius 3 is 2.56 bits per heavy atom. The fourth-order valence-electron chi connectivity index (χ4n) is 6.07. The van der Waals surface area contributed by atoms with Crippen LogP contribution in [-0.2, 0) is 23.9 Å². The summed E-state index contributed by atoms with van der Waals surface area (Å²) in [4.78, 5) is 44.2. The Balaban J connectivity index is 1.96. The highest BCUT2D eigenvalue weighted by molar-refractivity contribution is 5.98. The zero-order valence-electron chi connectivity index (χ0n) is 21.0. The summed E-state index contributed by atoms with van der Waals surface area (Å²) < 4.78 is 12.2. The van der Waals surface area contributed by atoms with E-state index in [0.717, 1.165) is 12.8 Å². The van der Waals surface area contributed by atoms with Gasteiger partial charge in [0.05, 0.1) is 30.8 Å². The average Bonchev–Trinajstić information content (AvgIpc) is 3.36. The second-order valence-corrected chi connectivity index (χ2v) is 10.3. The number of amides is 2. The number of allylic oxidation sites excluding steroid dienone is 1. The maximum Gasteiger partial charge on any atom is 0.312 e. The molecule has 2 bridgehead atoms. The average molecular weight is 477 g/mol. The molecular formula is C26H40N2O6. The molecule has 190 valence electrons. The number of aliphatic hydroxyl groups excluding tert-OH is 1. The maximum atomic E-state index is 13.9. The molecule has 0 saturated carbocycles. The first-order chi connectivity index (χ1) is 16.1. The lowest BCUT2D eigenvalue weighted by atomic mass is 9.66. The van der Waals surface area contributed by atoms with Crippen LogP contribution in [0.3, 0.4) is 0 Å². The number of hydrogen-bond acceptors (Lipinski definition) is 6. The maximum absolute atomic E-state index is 13.9. The third-order valence-corrected chi connectivity index (χ3v) is 7.72. The van der Waals surface area contributed by atoms with Crippen LogP contribution in [0.4, 0.5) is 0 Å². The molecule has 0 aromatic heterocycles. The number of ether oxygens (including phenoxy) is 2. The van der Waals surface area contributed by atoms with Crippen LogP contribution < -0.4 is 0 Å². The lowest BCUT2D eigenvalue weighted by Crippen LogP contribution is -2.59. The molecule has 0 aromatic carbocycles. The van der Waals surface area contributed by atoms with Gasteiger partial charge in [-0.1, -0.05) is 12.2 Å². The minimum atomic E-state index is -1.12. The number of rotatable bonds is 12. The van der Waals surface area contributed by atoms with Crippen LogP contribution >= 0.6 is 0 Å². The van der Waals surface area contributed by atoms with Crippen molar-refractivity contribution in [1.29, 1.82) is 0 Å². The highest BCUT2D eigenvalue weighted by atomic mass is 16.6. The molecule has 2 unspecified atom stereocenters. The van der Waals surface area contributed by atoms with Gasteiger partial charge in [0.1, 0.15) is 17.6 Å². The van der Waals surface area contributed by atoms with Crippen molar-refractivity contribution < 1.29 is 29.0 Å². The molecular weight excluding hydrogens is 436 g/mol. The predicted octanol–water partition coefficient (Wildman–Crippen LogP) is 2.45. The van der Waals surface area contributed by atoms with E-state index in [-0.39, 0.29) is 31.1 Å². The molecule has 2 amide bonds. The Hall–Kier alpha value is -2.19. The summed E-state index contributed by atoms with van der Waals surface area (Å²) in [6.45, 7) is 15.2. The van der Waals surface area contributed by atoms with Crippen LogP contribution in [-0.4, -0.2) is 81.8 Å². The number of aliphatic hydroxyl groups is 1. The fourth-order valence-corrected chi connectivity index (χ4v) is 6.07. The summed E-state index contributed by atoms with van der Waals surface area (Å²) in [7, 11) is 0. The summed E-state index contributed by atoms with van der Waals surface area (Å²) in [5.41, 5.74) is -1.99. The van der Waals surface area contributed by atoms with Gasteiger partial charge < -0.3 is 24.4 Å². The van der Waals surface area contributed by atoms with Crippen LogP contribution in [0.1, 0.15) is 59.8 Å². The van der Waals surface area contributed by atoms with Gasteiger partial charge in [-0.3, -0.25) is 14.4 Å². The molecule has 3 rings (SSSR count). The van der Waals surface area contributed by atoms with E-state index in [2.05, 4.69) is 13.2 Å². The first-order valence-corrected chi connectivity index (χ1v) is 12.4. The van der Waals surface area contributed by atoms with Gasteiger partial charge in [-0.05, 0) is 59.8 Å². The van der Waals surface area contributed by atoms with E-state index in [1.54, 1.807) is 17.9 Å². The Bertz CT molecular complexity index is 828. The summed E-state index contributed by atoms with van der Waals surface area (Å²) in [6, 6.07) is -1.63. The molecule has 8 nitrogen and oxygen atoms in total. The monoisotopic (exact) mass is 476 g/mol. The minimum absolute atomic E-state index is 0.118. The van der Waals surface area contributed by atoms with E-state index in [4.69, 9.17) is 9.47 Å². The van der Waals surface area contributed by atoms with Crippen LogP contribution in [0.2, 0.25) is 0 Å². The number of carbonyl (C=O) groups is 3. The van der Waals surface area contributed by atoms with Crippen molar-refractivity contribution in [3.8, 4) is 0 Å². The third-order valence-electron chi connectivity index (χ3n) is 7.72. The van der Waals surface area contributed by atoms with Gasteiger partial charge in [0.25, 0.3) is 0 Å². The Kier molecular flexibility index (Phi) is 7.92. The van der Waals surface area contributed by atoms with E-state index < -0.39 is 41.1 Å². The molecule has 1 spiro atoms. The Morgan fingerprint density at radius 2 is 1.97 bits per heavy atom. The lowest BCUT2D eigenvalue weighted by Gasteiger charge is -2.39. The Labute approximate surface area is 202 Å². The van der Waals surface area contributed by atoms with Gasteiger partial charge in [-0.2, -0.15) is 0 Å².